The fourth-order valence-electron chi connectivity index (χ4n) is 2.28. The zero-order valence-corrected chi connectivity index (χ0v) is 11.1. The number of unbranched alkanes of at least 4 members (excludes halogenated alkanes) is 3. The van der Waals surface area contributed by atoms with Crippen molar-refractivity contribution in [3.63, 3.8) is 0 Å². The lowest BCUT2D eigenvalue weighted by atomic mass is 9.76. The first kappa shape index (κ1) is 16.4. The molecule has 0 spiro atoms. The molecule has 0 amide bonds. The van der Waals surface area contributed by atoms with Crippen LogP contribution in [0.2, 0.25) is 0 Å². The Bertz CT molecular complexity index is 219. The molecule has 0 heterocycles. The smallest absolute Gasteiger partial charge is 0.310 e. The van der Waals surface area contributed by atoms with Crippen molar-refractivity contribution in [3.05, 3.63) is 0 Å². The molecular formula is C13H27NO3. The van der Waals surface area contributed by atoms with Gasteiger partial charge in [-0.15, -0.1) is 0 Å². The van der Waals surface area contributed by atoms with Crippen LogP contribution in [0.15, 0.2) is 0 Å². The van der Waals surface area contributed by atoms with Crippen molar-refractivity contribution in [2.75, 3.05) is 13.2 Å². The molecule has 4 nitrogen and oxygen atoms in total. The molecule has 0 bridgehead atoms. The Labute approximate surface area is 104 Å². The van der Waals surface area contributed by atoms with Gasteiger partial charge in [-0.05, 0) is 25.2 Å². The van der Waals surface area contributed by atoms with Crippen molar-refractivity contribution in [3.8, 4) is 0 Å². The number of hydrogen-bond donors (Lipinski definition) is 3. The number of aliphatic hydroxyl groups excluding tert-OH is 1. The standard InChI is InChI=1S/C13H27NO3/c1-11(2)9-13(10-14,12(16)17)7-5-3-4-6-8-15/h11,15H,3-10,14H2,1-2H3,(H,16,17). The molecule has 0 aromatic heterocycles. The van der Waals surface area contributed by atoms with Crippen LogP contribution in [0.25, 0.3) is 0 Å². The molecule has 0 aliphatic carbocycles. The summed E-state index contributed by atoms with van der Waals surface area (Å²) in [5.74, 6) is -0.428. The van der Waals surface area contributed by atoms with Crippen molar-refractivity contribution in [1.29, 1.82) is 0 Å². The number of aliphatic carboxylic acids is 1. The highest BCUT2D eigenvalue weighted by Gasteiger charge is 2.36. The first-order valence-electron chi connectivity index (χ1n) is 6.53. The summed E-state index contributed by atoms with van der Waals surface area (Å²) in [4.78, 5) is 11.4. The third kappa shape index (κ3) is 6.03. The molecule has 0 aliphatic heterocycles. The molecule has 4 heteroatoms. The fraction of sp³-hybridized carbons (Fsp3) is 0.923. The lowest BCUT2D eigenvalue weighted by Crippen LogP contribution is -2.39. The highest BCUT2D eigenvalue weighted by molar-refractivity contribution is 5.74. The maximum Gasteiger partial charge on any atom is 0.310 e. The number of carboxylic acids is 1. The number of carboxylic acid groups (broad SMARTS) is 1. The van der Waals surface area contributed by atoms with Gasteiger partial charge in [-0.2, -0.15) is 0 Å². The van der Waals surface area contributed by atoms with Crippen LogP contribution in [0, 0.1) is 11.3 Å². The van der Waals surface area contributed by atoms with Crippen molar-refractivity contribution in [2.45, 2.75) is 52.4 Å². The highest BCUT2D eigenvalue weighted by Crippen LogP contribution is 2.32. The van der Waals surface area contributed by atoms with E-state index in [4.69, 9.17) is 10.8 Å². The summed E-state index contributed by atoms with van der Waals surface area (Å²) >= 11 is 0. The van der Waals surface area contributed by atoms with E-state index in [0.717, 1.165) is 25.7 Å². The number of hydrogen-bond acceptors (Lipinski definition) is 3. The lowest BCUT2D eigenvalue weighted by molar-refractivity contribution is -0.150. The van der Waals surface area contributed by atoms with E-state index in [0.29, 0.717) is 18.8 Å². The molecular weight excluding hydrogens is 218 g/mol. The maximum atomic E-state index is 11.4. The molecule has 1 unspecified atom stereocenters. The van der Waals surface area contributed by atoms with Gasteiger partial charge in [0.2, 0.25) is 0 Å². The number of aliphatic hydroxyl groups is 1. The zero-order valence-electron chi connectivity index (χ0n) is 11.1. The van der Waals surface area contributed by atoms with Gasteiger partial charge in [-0.25, -0.2) is 0 Å². The summed E-state index contributed by atoms with van der Waals surface area (Å²) in [6.07, 6.45) is 4.87. The Morgan fingerprint density at radius 3 is 2.24 bits per heavy atom. The Hall–Kier alpha value is -0.610. The minimum atomic E-state index is -0.768. The fourth-order valence-corrected chi connectivity index (χ4v) is 2.28. The average Bonchev–Trinajstić information content (AvgIpc) is 2.26. The van der Waals surface area contributed by atoms with Crippen LogP contribution in [-0.4, -0.2) is 29.3 Å². The zero-order chi connectivity index (χ0) is 13.3. The van der Waals surface area contributed by atoms with Gasteiger partial charge >= 0.3 is 5.97 Å². The summed E-state index contributed by atoms with van der Waals surface area (Å²) in [5.41, 5.74) is 4.92. The summed E-state index contributed by atoms with van der Waals surface area (Å²) in [5, 5.41) is 18.0. The SMILES string of the molecule is CC(C)CC(CN)(CCCCCCO)C(=O)O. The summed E-state index contributed by atoms with van der Waals surface area (Å²) in [6.45, 7) is 4.48. The second-order valence-corrected chi connectivity index (χ2v) is 5.28. The molecule has 0 aromatic carbocycles. The third-order valence-electron chi connectivity index (χ3n) is 3.21. The normalized spacial score (nSPS) is 14.9. The monoisotopic (exact) mass is 245 g/mol. The summed E-state index contributed by atoms with van der Waals surface area (Å²) < 4.78 is 0. The van der Waals surface area contributed by atoms with E-state index in [1.165, 1.54) is 0 Å². The molecule has 102 valence electrons. The van der Waals surface area contributed by atoms with E-state index < -0.39 is 11.4 Å². The topological polar surface area (TPSA) is 83.5 Å². The molecule has 0 aromatic rings. The van der Waals surface area contributed by atoms with Crippen LogP contribution >= 0.6 is 0 Å². The largest absolute Gasteiger partial charge is 0.481 e. The van der Waals surface area contributed by atoms with Gasteiger partial charge in [0, 0.05) is 13.2 Å². The van der Waals surface area contributed by atoms with E-state index in [1.807, 2.05) is 13.8 Å². The van der Waals surface area contributed by atoms with Crippen molar-refractivity contribution >= 4 is 5.97 Å². The molecule has 0 saturated heterocycles. The number of nitrogens with two attached hydrogens (primary N) is 1. The van der Waals surface area contributed by atoms with Crippen LogP contribution in [0.4, 0.5) is 0 Å². The average molecular weight is 245 g/mol. The molecule has 4 N–H and O–H groups in total. The molecule has 0 rings (SSSR count). The quantitative estimate of drug-likeness (QED) is 0.514. The van der Waals surface area contributed by atoms with Crippen LogP contribution in [0.5, 0.6) is 0 Å². The number of carbonyl (C=O) groups is 1. The predicted octanol–water partition coefficient (Wildman–Crippen LogP) is 2.00. The first-order valence-corrected chi connectivity index (χ1v) is 6.53. The van der Waals surface area contributed by atoms with E-state index in [-0.39, 0.29) is 13.2 Å². The van der Waals surface area contributed by atoms with Gasteiger partial charge < -0.3 is 15.9 Å². The van der Waals surface area contributed by atoms with Crippen molar-refractivity contribution in [2.24, 2.45) is 17.1 Å². The van der Waals surface area contributed by atoms with Crippen molar-refractivity contribution in [1.82, 2.24) is 0 Å². The maximum absolute atomic E-state index is 11.4. The Kier molecular flexibility index (Phi) is 8.17. The van der Waals surface area contributed by atoms with E-state index in [1.54, 1.807) is 0 Å². The molecule has 0 radical (unpaired) electrons. The second-order valence-electron chi connectivity index (χ2n) is 5.28. The Balaban J connectivity index is 4.23. The molecule has 0 fully saturated rings. The second kappa shape index (κ2) is 8.48. The molecule has 0 aliphatic rings. The highest BCUT2D eigenvalue weighted by atomic mass is 16.4. The summed E-state index contributed by atoms with van der Waals surface area (Å²) in [6, 6.07) is 0. The van der Waals surface area contributed by atoms with Gasteiger partial charge in [-0.1, -0.05) is 33.1 Å². The van der Waals surface area contributed by atoms with Crippen LogP contribution < -0.4 is 5.73 Å². The molecule has 17 heavy (non-hydrogen) atoms. The molecule has 0 saturated carbocycles. The third-order valence-corrected chi connectivity index (χ3v) is 3.21. The van der Waals surface area contributed by atoms with E-state index >= 15 is 0 Å². The van der Waals surface area contributed by atoms with Gasteiger partial charge in [0.25, 0.3) is 0 Å². The first-order chi connectivity index (χ1) is 7.98. The molecule has 1 atom stereocenters. The van der Waals surface area contributed by atoms with E-state index in [9.17, 15) is 9.90 Å². The summed E-state index contributed by atoms with van der Waals surface area (Å²) in [7, 11) is 0. The predicted molar refractivity (Wildman–Crippen MR) is 68.7 cm³/mol. The van der Waals surface area contributed by atoms with Crippen LogP contribution in [-0.2, 0) is 4.79 Å². The lowest BCUT2D eigenvalue weighted by Gasteiger charge is -2.29. The van der Waals surface area contributed by atoms with Crippen LogP contribution in [0.3, 0.4) is 0 Å². The van der Waals surface area contributed by atoms with Gasteiger partial charge in [0.15, 0.2) is 0 Å². The minimum Gasteiger partial charge on any atom is -0.481 e. The van der Waals surface area contributed by atoms with Crippen molar-refractivity contribution < 1.29 is 15.0 Å². The van der Waals surface area contributed by atoms with Gasteiger partial charge in [0.05, 0.1) is 5.41 Å². The number of rotatable bonds is 10. The van der Waals surface area contributed by atoms with Gasteiger partial charge in [0.1, 0.15) is 0 Å². The Morgan fingerprint density at radius 1 is 1.24 bits per heavy atom. The minimum absolute atomic E-state index is 0.209. The van der Waals surface area contributed by atoms with Crippen LogP contribution in [0.1, 0.15) is 52.4 Å². The van der Waals surface area contributed by atoms with Gasteiger partial charge in [-0.3, -0.25) is 4.79 Å². The van der Waals surface area contributed by atoms with E-state index in [2.05, 4.69) is 0 Å². The Morgan fingerprint density at radius 2 is 1.82 bits per heavy atom.